The predicted octanol–water partition coefficient (Wildman–Crippen LogP) is 3.02. The Balaban J connectivity index is 0.00000289. The van der Waals surface area contributed by atoms with Crippen molar-refractivity contribution in [1.29, 1.82) is 0 Å². The van der Waals surface area contributed by atoms with Gasteiger partial charge in [0.05, 0.1) is 31.2 Å². The van der Waals surface area contributed by atoms with Crippen molar-refractivity contribution in [1.82, 2.24) is 29.0 Å². The normalized spacial score (nSPS) is 18.7. The predicted molar refractivity (Wildman–Crippen MR) is 127 cm³/mol. The molecular weight excluding hydrogens is 458 g/mol. The van der Waals surface area contributed by atoms with Gasteiger partial charge in [-0.25, -0.2) is 23.5 Å². The van der Waals surface area contributed by atoms with Gasteiger partial charge in [0.1, 0.15) is 12.0 Å². The number of hydrogen-bond acceptors (Lipinski definition) is 7. The topological polar surface area (TPSA) is 86.8 Å². The summed E-state index contributed by atoms with van der Waals surface area (Å²) in [4.78, 5) is 24.2. The first kappa shape index (κ1) is 24.7. The molecule has 0 N–H and O–H groups in total. The lowest BCUT2D eigenvalue weighted by atomic mass is 10.1. The van der Waals surface area contributed by atoms with Gasteiger partial charge in [-0.3, -0.25) is 9.47 Å². The lowest BCUT2D eigenvalue weighted by Crippen LogP contribution is -2.44. The number of rotatable bonds is 5. The molecule has 35 heavy (non-hydrogen) atoms. The molecule has 1 saturated heterocycles. The van der Waals surface area contributed by atoms with Crippen molar-refractivity contribution in [2.45, 2.75) is 46.6 Å². The summed E-state index contributed by atoms with van der Waals surface area (Å²) in [7, 11) is 1.19. The molecule has 0 bridgehead atoms. The average Bonchev–Trinajstić information content (AvgIpc) is 3.26. The number of methoxy groups -OCH3 is 1. The lowest BCUT2D eigenvalue weighted by molar-refractivity contribution is -0.0705. The van der Waals surface area contributed by atoms with Crippen LogP contribution in [0.1, 0.15) is 32.4 Å². The van der Waals surface area contributed by atoms with Crippen LogP contribution in [0.2, 0.25) is 0 Å². The lowest BCUT2D eigenvalue weighted by Gasteiger charge is -2.35. The number of fused-ring (bicyclic) bond motifs is 3. The highest BCUT2D eigenvalue weighted by Gasteiger charge is 2.23. The minimum Gasteiger partial charge on any atom is -0.491 e. The Hall–Kier alpha value is -3.44. The van der Waals surface area contributed by atoms with E-state index in [2.05, 4.69) is 20.0 Å². The van der Waals surface area contributed by atoms with Crippen LogP contribution in [-0.2, 0) is 17.8 Å². The molecule has 5 rings (SSSR count). The van der Waals surface area contributed by atoms with Crippen molar-refractivity contribution in [3.05, 3.63) is 64.0 Å². The van der Waals surface area contributed by atoms with Crippen LogP contribution in [0.4, 0.5) is 8.78 Å². The van der Waals surface area contributed by atoms with Gasteiger partial charge in [0.2, 0.25) is 0 Å². The Morgan fingerprint density at radius 3 is 2.37 bits per heavy atom. The number of pyridine rings is 1. The van der Waals surface area contributed by atoms with Gasteiger partial charge in [-0.1, -0.05) is 7.43 Å². The van der Waals surface area contributed by atoms with Crippen molar-refractivity contribution >= 4 is 16.7 Å². The van der Waals surface area contributed by atoms with E-state index in [1.807, 2.05) is 19.9 Å². The maximum Gasteiger partial charge on any atom is 0.352 e. The van der Waals surface area contributed by atoms with Crippen molar-refractivity contribution in [3.8, 4) is 5.75 Å². The number of benzene rings is 1. The molecule has 0 saturated carbocycles. The third-order valence-electron chi connectivity index (χ3n) is 5.88. The number of halogens is 2. The van der Waals surface area contributed by atoms with E-state index in [0.717, 1.165) is 30.8 Å². The molecule has 4 aromatic rings. The first-order valence-electron chi connectivity index (χ1n) is 10.9. The average molecular weight is 487 g/mol. The van der Waals surface area contributed by atoms with Gasteiger partial charge in [-0.2, -0.15) is 9.61 Å². The van der Waals surface area contributed by atoms with Crippen molar-refractivity contribution in [2.75, 3.05) is 20.2 Å². The van der Waals surface area contributed by atoms with Gasteiger partial charge < -0.3 is 9.47 Å². The Morgan fingerprint density at radius 2 is 1.71 bits per heavy atom. The van der Waals surface area contributed by atoms with E-state index in [1.165, 1.54) is 22.5 Å². The van der Waals surface area contributed by atoms with Crippen molar-refractivity contribution in [3.63, 3.8) is 0 Å². The molecule has 186 valence electrons. The van der Waals surface area contributed by atoms with Gasteiger partial charge in [0, 0.05) is 25.8 Å². The fourth-order valence-electron chi connectivity index (χ4n) is 4.63. The number of morpholine rings is 1. The second-order valence-corrected chi connectivity index (χ2v) is 8.62. The maximum absolute atomic E-state index is 14.3. The largest absolute Gasteiger partial charge is 0.491 e. The molecule has 0 amide bonds. The van der Waals surface area contributed by atoms with Crippen LogP contribution in [0.25, 0.3) is 16.7 Å². The minimum absolute atomic E-state index is 0. The molecule has 1 aromatic carbocycles. The summed E-state index contributed by atoms with van der Waals surface area (Å²) in [6.07, 6.45) is 3.28. The summed E-state index contributed by atoms with van der Waals surface area (Å²) >= 11 is 0. The van der Waals surface area contributed by atoms with Crippen LogP contribution < -0.4 is 10.4 Å². The van der Waals surface area contributed by atoms with Gasteiger partial charge in [0.15, 0.2) is 23.0 Å². The molecule has 0 spiro atoms. The first-order chi connectivity index (χ1) is 16.3. The maximum atomic E-state index is 14.3. The SMILES string of the molecule is C.COc1c(F)cc(Cn2c(=O)n3ncnc3c3cc(CN4C[C@@H](C)O[C@@H](C)C4)cnc32)cc1F. The van der Waals surface area contributed by atoms with E-state index in [9.17, 15) is 13.6 Å². The van der Waals surface area contributed by atoms with E-state index in [4.69, 9.17) is 9.47 Å². The summed E-state index contributed by atoms with van der Waals surface area (Å²) in [5.41, 5.74) is 1.43. The monoisotopic (exact) mass is 486 g/mol. The molecule has 0 radical (unpaired) electrons. The van der Waals surface area contributed by atoms with Crippen LogP contribution >= 0.6 is 0 Å². The van der Waals surface area contributed by atoms with Crippen molar-refractivity contribution in [2.24, 2.45) is 0 Å². The Bertz CT molecular complexity index is 1400. The highest BCUT2D eigenvalue weighted by atomic mass is 19.1. The molecule has 0 aliphatic carbocycles. The van der Waals surface area contributed by atoms with Crippen LogP contribution in [-0.4, -0.2) is 61.5 Å². The molecule has 9 nitrogen and oxygen atoms in total. The number of nitrogens with zero attached hydrogens (tertiary/aromatic N) is 6. The molecule has 1 aliphatic heterocycles. The van der Waals surface area contributed by atoms with E-state index >= 15 is 0 Å². The smallest absolute Gasteiger partial charge is 0.352 e. The van der Waals surface area contributed by atoms with E-state index in [-0.39, 0.29) is 31.7 Å². The zero-order valence-electron chi connectivity index (χ0n) is 19.0. The minimum atomic E-state index is -0.846. The van der Waals surface area contributed by atoms with Crippen LogP contribution in [0.3, 0.4) is 0 Å². The Morgan fingerprint density at radius 1 is 1.03 bits per heavy atom. The molecule has 1 aliphatic rings. The molecule has 11 heteroatoms. The van der Waals surface area contributed by atoms with Crippen LogP contribution in [0.5, 0.6) is 5.75 Å². The quantitative estimate of drug-likeness (QED) is 0.429. The molecular formula is C24H28F2N6O3. The van der Waals surface area contributed by atoms with Gasteiger partial charge >= 0.3 is 5.69 Å². The molecule has 3 aromatic heterocycles. The molecule has 2 atom stereocenters. The van der Waals surface area contributed by atoms with Gasteiger partial charge in [-0.05, 0) is 43.2 Å². The second kappa shape index (κ2) is 9.67. The summed E-state index contributed by atoms with van der Waals surface area (Å²) in [5.74, 6) is -2.16. The fourth-order valence-corrected chi connectivity index (χ4v) is 4.63. The molecule has 4 heterocycles. The molecule has 1 fully saturated rings. The second-order valence-electron chi connectivity index (χ2n) is 8.62. The zero-order chi connectivity index (χ0) is 24.0. The third-order valence-corrected chi connectivity index (χ3v) is 5.88. The number of hydrogen-bond donors (Lipinski definition) is 0. The zero-order valence-corrected chi connectivity index (χ0v) is 19.0. The highest BCUT2D eigenvalue weighted by molar-refractivity contribution is 5.89. The highest BCUT2D eigenvalue weighted by Crippen LogP contribution is 2.24. The summed E-state index contributed by atoms with van der Waals surface area (Å²) in [5, 5.41) is 4.67. The number of aromatic nitrogens is 5. The molecule has 0 unspecified atom stereocenters. The van der Waals surface area contributed by atoms with E-state index in [1.54, 1.807) is 6.20 Å². The Labute approximate surface area is 200 Å². The standard InChI is InChI=1S/C23H24F2N6O3.CH4/c1-13-8-29(9-14(2)34-13)10-16-4-17-21(26-7-16)30(23(32)31-22(17)27-12-28-31)11-15-5-18(24)20(33-3)19(25)6-15;/h4-7,12-14H,8-11H2,1-3H3;1H4/t13-,14+;. The summed E-state index contributed by atoms with van der Waals surface area (Å²) in [6.45, 7) is 6.26. The van der Waals surface area contributed by atoms with Gasteiger partial charge in [-0.15, -0.1) is 0 Å². The summed E-state index contributed by atoms with van der Waals surface area (Å²) in [6, 6.07) is 4.21. The summed E-state index contributed by atoms with van der Waals surface area (Å²) < 4.78 is 41.6. The third kappa shape index (κ3) is 4.61. The fraction of sp³-hybridized carbons (Fsp3) is 0.417. The Kier molecular flexibility index (Phi) is 6.82. The van der Waals surface area contributed by atoms with E-state index in [0.29, 0.717) is 23.2 Å². The van der Waals surface area contributed by atoms with Crippen LogP contribution in [0, 0.1) is 11.6 Å². The van der Waals surface area contributed by atoms with Crippen LogP contribution in [0.15, 0.2) is 35.5 Å². The number of ether oxygens (including phenoxy) is 2. The van der Waals surface area contributed by atoms with Gasteiger partial charge in [0.25, 0.3) is 0 Å². The van der Waals surface area contributed by atoms with Crippen molar-refractivity contribution < 1.29 is 18.3 Å². The van der Waals surface area contributed by atoms with E-state index < -0.39 is 23.1 Å². The first-order valence-corrected chi connectivity index (χ1v) is 10.9.